The first-order chi connectivity index (χ1) is 12.7. The van der Waals surface area contributed by atoms with Crippen molar-refractivity contribution < 1.29 is 4.74 Å². The van der Waals surface area contributed by atoms with E-state index in [0.29, 0.717) is 5.78 Å². The molecule has 4 rings (SSSR count). The summed E-state index contributed by atoms with van der Waals surface area (Å²) in [4.78, 5) is 13.1. The van der Waals surface area contributed by atoms with Crippen LogP contribution in [0.1, 0.15) is 23.1 Å². The Bertz CT molecular complexity index is 1050. The van der Waals surface area contributed by atoms with Crippen molar-refractivity contribution in [1.29, 1.82) is 0 Å². The van der Waals surface area contributed by atoms with E-state index in [1.54, 1.807) is 17.8 Å². The maximum atomic E-state index is 5.57. The largest absolute Gasteiger partial charge is 0.496 e. The third-order valence-electron chi connectivity index (χ3n) is 4.24. The van der Waals surface area contributed by atoms with Gasteiger partial charge in [-0.3, -0.25) is 0 Å². The maximum Gasteiger partial charge on any atom is 0.254 e. The van der Waals surface area contributed by atoms with Crippen molar-refractivity contribution in [2.75, 3.05) is 12.4 Å². The predicted molar refractivity (Wildman–Crippen MR) is 97.2 cm³/mol. The number of benzene rings is 1. The van der Waals surface area contributed by atoms with E-state index in [4.69, 9.17) is 4.74 Å². The number of nitrogens with one attached hydrogen (secondary N) is 1. The summed E-state index contributed by atoms with van der Waals surface area (Å²) in [7, 11) is 3.63. The zero-order valence-corrected chi connectivity index (χ0v) is 14.8. The molecule has 26 heavy (non-hydrogen) atoms. The van der Waals surface area contributed by atoms with Gasteiger partial charge in [0.15, 0.2) is 0 Å². The lowest BCUT2D eigenvalue weighted by Crippen LogP contribution is -2.19. The first-order valence-corrected chi connectivity index (χ1v) is 8.21. The van der Waals surface area contributed by atoms with E-state index in [2.05, 4.69) is 25.4 Å². The van der Waals surface area contributed by atoms with E-state index in [-0.39, 0.29) is 6.04 Å². The van der Waals surface area contributed by atoms with Gasteiger partial charge < -0.3 is 14.6 Å². The number of methoxy groups -OCH3 is 1. The van der Waals surface area contributed by atoms with Crippen LogP contribution < -0.4 is 10.1 Å². The van der Waals surface area contributed by atoms with Crippen LogP contribution in [0.3, 0.4) is 0 Å². The van der Waals surface area contributed by atoms with Crippen LogP contribution in [0.5, 0.6) is 5.75 Å². The summed E-state index contributed by atoms with van der Waals surface area (Å²) in [5.74, 6) is 2.97. The molecule has 1 atom stereocenters. The molecule has 1 aromatic carbocycles. The second kappa shape index (κ2) is 6.47. The predicted octanol–water partition coefficient (Wildman–Crippen LogP) is 2.38. The fourth-order valence-corrected chi connectivity index (χ4v) is 3.02. The van der Waals surface area contributed by atoms with Gasteiger partial charge in [-0.2, -0.15) is 14.6 Å². The number of aromatic nitrogens is 6. The van der Waals surface area contributed by atoms with E-state index in [9.17, 15) is 0 Å². The number of fused-ring (bicyclic) bond motifs is 1. The average molecular weight is 349 g/mol. The lowest BCUT2D eigenvalue weighted by atomic mass is 10.0. The van der Waals surface area contributed by atoms with E-state index >= 15 is 0 Å². The molecule has 3 heterocycles. The lowest BCUT2D eigenvalue weighted by Gasteiger charge is -2.22. The molecule has 0 bridgehead atoms. The van der Waals surface area contributed by atoms with Gasteiger partial charge >= 0.3 is 0 Å². The second-order valence-corrected chi connectivity index (χ2v) is 5.97. The molecule has 0 amide bonds. The molecular weight excluding hydrogens is 330 g/mol. The van der Waals surface area contributed by atoms with Crippen molar-refractivity contribution in [3.05, 3.63) is 66.1 Å². The number of rotatable bonds is 5. The fourth-order valence-electron chi connectivity index (χ4n) is 3.02. The van der Waals surface area contributed by atoms with Gasteiger partial charge in [-0.25, -0.2) is 9.97 Å². The number of hydrogen-bond acceptors (Lipinski definition) is 6. The minimum Gasteiger partial charge on any atom is -0.496 e. The summed E-state index contributed by atoms with van der Waals surface area (Å²) in [6.07, 6.45) is 5.19. The van der Waals surface area contributed by atoms with Gasteiger partial charge in [0.2, 0.25) is 0 Å². The standard InChI is InChI=1S/C18H19N7O/c1-12-10-15(25-18(22-12)20-11-21-25)23-16(17-19-8-9-24(17)2)13-6-4-5-7-14(13)26-3/h4-11,16,23H,1-3H3. The topological polar surface area (TPSA) is 82.2 Å². The van der Waals surface area contributed by atoms with Gasteiger partial charge in [0.05, 0.1) is 7.11 Å². The summed E-state index contributed by atoms with van der Waals surface area (Å²) in [6, 6.07) is 9.60. The Hall–Kier alpha value is -3.42. The van der Waals surface area contributed by atoms with Crippen LogP contribution in [-0.2, 0) is 7.05 Å². The van der Waals surface area contributed by atoms with Crippen LogP contribution >= 0.6 is 0 Å². The van der Waals surface area contributed by atoms with Crippen LogP contribution in [0.15, 0.2) is 49.1 Å². The van der Waals surface area contributed by atoms with Gasteiger partial charge in [-0.15, -0.1) is 0 Å². The number of hydrogen-bond donors (Lipinski definition) is 1. The molecule has 0 radical (unpaired) electrons. The Morgan fingerprint density at radius 1 is 1.19 bits per heavy atom. The molecule has 0 aliphatic carbocycles. The number of aryl methyl sites for hydroxylation is 2. The molecule has 8 heteroatoms. The summed E-state index contributed by atoms with van der Waals surface area (Å²) < 4.78 is 9.24. The highest BCUT2D eigenvalue weighted by Gasteiger charge is 2.23. The molecule has 1 N–H and O–H groups in total. The molecule has 8 nitrogen and oxygen atoms in total. The van der Waals surface area contributed by atoms with Crippen LogP contribution in [0.2, 0.25) is 0 Å². The average Bonchev–Trinajstić information content (AvgIpc) is 3.28. The molecule has 0 aliphatic heterocycles. The molecule has 0 aliphatic rings. The summed E-state index contributed by atoms with van der Waals surface area (Å²) >= 11 is 0. The smallest absolute Gasteiger partial charge is 0.254 e. The first kappa shape index (κ1) is 16.1. The molecule has 1 unspecified atom stereocenters. The highest BCUT2D eigenvalue weighted by molar-refractivity contribution is 5.50. The van der Waals surface area contributed by atoms with Crippen molar-refractivity contribution in [2.24, 2.45) is 7.05 Å². The Morgan fingerprint density at radius 2 is 2.04 bits per heavy atom. The van der Waals surface area contributed by atoms with Crippen LogP contribution in [0, 0.1) is 6.92 Å². The van der Waals surface area contributed by atoms with Crippen molar-refractivity contribution in [3.63, 3.8) is 0 Å². The van der Waals surface area contributed by atoms with Crippen molar-refractivity contribution in [2.45, 2.75) is 13.0 Å². The van der Waals surface area contributed by atoms with E-state index in [1.165, 1.54) is 6.33 Å². The van der Waals surface area contributed by atoms with Gasteiger partial charge in [-0.1, -0.05) is 18.2 Å². The van der Waals surface area contributed by atoms with E-state index < -0.39 is 0 Å². The monoisotopic (exact) mass is 349 g/mol. The highest BCUT2D eigenvalue weighted by atomic mass is 16.5. The summed E-state index contributed by atoms with van der Waals surface area (Å²) in [6.45, 7) is 1.93. The Balaban J connectivity index is 1.86. The maximum absolute atomic E-state index is 5.57. The molecule has 0 saturated heterocycles. The third kappa shape index (κ3) is 2.75. The summed E-state index contributed by atoms with van der Waals surface area (Å²) in [5, 5.41) is 7.82. The van der Waals surface area contributed by atoms with Crippen molar-refractivity contribution in [3.8, 4) is 5.75 Å². The molecule has 0 fully saturated rings. The Morgan fingerprint density at radius 3 is 2.81 bits per heavy atom. The normalized spacial score (nSPS) is 12.3. The van der Waals surface area contributed by atoms with E-state index in [1.807, 2.05) is 55.1 Å². The Labute approximate surface area is 150 Å². The molecule has 4 aromatic rings. The first-order valence-electron chi connectivity index (χ1n) is 8.21. The van der Waals surface area contributed by atoms with Crippen LogP contribution in [0.4, 0.5) is 5.82 Å². The molecule has 3 aromatic heterocycles. The molecule has 0 saturated carbocycles. The Kier molecular flexibility index (Phi) is 4.00. The van der Waals surface area contributed by atoms with Gasteiger partial charge in [-0.05, 0) is 13.0 Å². The van der Waals surface area contributed by atoms with Gasteiger partial charge in [0.25, 0.3) is 5.78 Å². The number of para-hydroxylation sites is 1. The zero-order valence-electron chi connectivity index (χ0n) is 14.8. The van der Waals surface area contributed by atoms with Crippen LogP contribution in [0.25, 0.3) is 5.78 Å². The quantitative estimate of drug-likeness (QED) is 0.596. The molecule has 0 spiro atoms. The molecule has 132 valence electrons. The number of nitrogens with zero attached hydrogens (tertiary/aromatic N) is 6. The second-order valence-electron chi connectivity index (χ2n) is 5.97. The zero-order chi connectivity index (χ0) is 18.1. The summed E-state index contributed by atoms with van der Waals surface area (Å²) in [5.41, 5.74) is 1.83. The fraction of sp³-hybridized carbons (Fsp3) is 0.222. The SMILES string of the molecule is COc1ccccc1C(Nc1cc(C)nc2ncnn12)c1nccn1C. The van der Waals surface area contributed by atoms with Crippen molar-refractivity contribution in [1.82, 2.24) is 29.1 Å². The highest BCUT2D eigenvalue weighted by Crippen LogP contribution is 2.32. The molecular formula is C18H19N7O. The minimum atomic E-state index is -0.236. The number of imidazole rings is 1. The van der Waals surface area contributed by atoms with Crippen molar-refractivity contribution >= 4 is 11.6 Å². The lowest BCUT2D eigenvalue weighted by molar-refractivity contribution is 0.408. The number of ether oxygens (including phenoxy) is 1. The van der Waals surface area contributed by atoms with Gasteiger partial charge in [0.1, 0.15) is 29.8 Å². The van der Waals surface area contributed by atoms with Gasteiger partial charge in [0, 0.05) is 36.8 Å². The van der Waals surface area contributed by atoms with E-state index in [0.717, 1.165) is 28.6 Å². The minimum absolute atomic E-state index is 0.236. The number of anilines is 1. The third-order valence-corrected chi connectivity index (χ3v) is 4.24. The van der Waals surface area contributed by atoms with Crippen LogP contribution in [-0.4, -0.2) is 36.2 Å².